The molecular formula is C29H23N3O4S2. The summed E-state index contributed by atoms with van der Waals surface area (Å²) in [5.41, 5.74) is 3.34. The molecule has 0 fully saturated rings. The Hall–Kier alpha value is -3.95. The normalized spacial score (nSPS) is 14.7. The largest absolute Gasteiger partial charge is 0.494 e. The summed E-state index contributed by atoms with van der Waals surface area (Å²) in [6.07, 6.45) is 0. The van der Waals surface area contributed by atoms with Crippen molar-refractivity contribution in [3.05, 3.63) is 111 Å². The van der Waals surface area contributed by atoms with Crippen molar-refractivity contribution in [3.8, 4) is 5.75 Å². The molecule has 0 spiro atoms. The molecule has 190 valence electrons. The highest BCUT2D eigenvalue weighted by Gasteiger charge is 2.45. The van der Waals surface area contributed by atoms with E-state index in [-0.39, 0.29) is 11.2 Å². The number of anilines is 1. The number of ether oxygens (including phenoxy) is 1. The molecule has 6 rings (SSSR count). The van der Waals surface area contributed by atoms with Gasteiger partial charge in [-0.3, -0.25) is 14.5 Å². The lowest BCUT2D eigenvalue weighted by Crippen LogP contribution is -2.29. The van der Waals surface area contributed by atoms with Crippen LogP contribution in [0.15, 0.2) is 86.3 Å². The van der Waals surface area contributed by atoms with Gasteiger partial charge in [-0.05, 0) is 49.2 Å². The van der Waals surface area contributed by atoms with Crippen LogP contribution >= 0.6 is 23.1 Å². The van der Waals surface area contributed by atoms with E-state index in [9.17, 15) is 9.59 Å². The third-order valence-corrected chi connectivity index (χ3v) is 8.47. The molecule has 3 heterocycles. The summed E-state index contributed by atoms with van der Waals surface area (Å²) in [5.74, 6) is 1.08. The van der Waals surface area contributed by atoms with Crippen molar-refractivity contribution in [1.82, 2.24) is 10.2 Å². The standard InChI is InChI=1S/C29H23N3O4S2/c1-3-35-20-12-10-19(11-13-20)24-23-25(33)21-15-17(2)9-14-22(21)36-26(23)27(34)32(24)28-30-31-29(38-28)37-16-18-7-5-4-6-8-18/h4-15,24H,3,16H2,1-2H3. The Kier molecular flexibility index (Phi) is 6.47. The van der Waals surface area contributed by atoms with Crippen LogP contribution in [0.5, 0.6) is 5.75 Å². The lowest BCUT2D eigenvalue weighted by molar-refractivity contribution is 0.0970. The minimum atomic E-state index is -0.700. The number of nitrogens with zero attached hydrogens (tertiary/aromatic N) is 3. The fourth-order valence-corrected chi connectivity index (χ4v) is 6.41. The van der Waals surface area contributed by atoms with Gasteiger partial charge in [-0.2, -0.15) is 0 Å². The van der Waals surface area contributed by atoms with Gasteiger partial charge in [0.1, 0.15) is 11.3 Å². The number of carbonyl (C=O) groups excluding carboxylic acids is 1. The van der Waals surface area contributed by atoms with E-state index in [4.69, 9.17) is 9.15 Å². The molecule has 1 unspecified atom stereocenters. The Morgan fingerprint density at radius 3 is 2.58 bits per heavy atom. The van der Waals surface area contributed by atoms with Gasteiger partial charge in [0.15, 0.2) is 9.77 Å². The predicted molar refractivity (Wildman–Crippen MR) is 149 cm³/mol. The molecule has 0 N–H and O–H groups in total. The highest BCUT2D eigenvalue weighted by Crippen LogP contribution is 2.43. The number of carbonyl (C=O) groups is 1. The van der Waals surface area contributed by atoms with Crippen molar-refractivity contribution in [3.63, 3.8) is 0 Å². The molecule has 0 saturated heterocycles. The second kappa shape index (κ2) is 10.1. The lowest BCUT2D eigenvalue weighted by atomic mass is 9.98. The van der Waals surface area contributed by atoms with Crippen molar-refractivity contribution >= 4 is 45.1 Å². The molecule has 38 heavy (non-hydrogen) atoms. The molecule has 1 amide bonds. The number of aromatic nitrogens is 2. The molecular weight excluding hydrogens is 518 g/mol. The summed E-state index contributed by atoms with van der Waals surface area (Å²) in [4.78, 5) is 29.1. The highest BCUT2D eigenvalue weighted by molar-refractivity contribution is 8.00. The number of benzene rings is 3. The number of hydrogen-bond acceptors (Lipinski definition) is 8. The van der Waals surface area contributed by atoms with E-state index in [1.165, 1.54) is 21.8 Å². The van der Waals surface area contributed by atoms with Gasteiger partial charge in [0.25, 0.3) is 5.91 Å². The van der Waals surface area contributed by atoms with Crippen LogP contribution in [0, 0.1) is 6.92 Å². The summed E-state index contributed by atoms with van der Waals surface area (Å²) < 4.78 is 12.4. The second-order valence-corrected chi connectivity index (χ2v) is 11.1. The predicted octanol–water partition coefficient (Wildman–Crippen LogP) is 6.39. The summed E-state index contributed by atoms with van der Waals surface area (Å²) in [6.45, 7) is 4.38. The number of thioether (sulfide) groups is 1. The average molecular weight is 542 g/mol. The van der Waals surface area contributed by atoms with Crippen molar-refractivity contribution < 1.29 is 13.9 Å². The van der Waals surface area contributed by atoms with Crippen LogP contribution < -0.4 is 15.1 Å². The summed E-state index contributed by atoms with van der Waals surface area (Å²) in [6, 6.07) is 22.2. The molecule has 0 radical (unpaired) electrons. The van der Waals surface area contributed by atoms with E-state index in [1.54, 1.807) is 23.9 Å². The molecule has 9 heteroatoms. The van der Waals surface area contributed by atoms with Crippen LogP contribution in [0.3, 0.4) is 0 Å². The number of amides is 1. The van der Waals surface area contributed by atoms with Crippen LogP contribution in [-0.4, -0.2) is 22.7 Å². The molecule has 3 aromatic carbocycles. The van der Waals surface area contributed by atoms with Crippen molar-refractivity contribution in [2.75, 3.05) is 11.5 Å². The second-order valence-electron chi connectivity index (χ2n) is 8.88. The third-order valence-electron chi connectivity index (χ3n) is 6.34. The minimum Gasteiger partial charge on any atom is -0.494 e. The fraction of sp³-hybridized carbons (Fsp3) is 0.172. The zero-order valence-corrected chi connectivity index (χ0v) is 22.3. The Morgan fingerprint density at radius 2 is 1.82 bits per heavy atom. The van der Waals surface area contributed by atoms with E-state index in [0.29, 0.717) is 34.0 Å². The van der Waals surface area contributed by atoms with Crippen LogP contribution in [0.1, 0.15) is 45.8 Å². The van der Waals surface area contributed by atoms with Crippen LogP contribution in [-0.2, 0) is 5.75 Å². The molecule has 1 atom stereocenters. The maximum Gasteiger partial charge on any atom is 0.297 e. The van der Waals surface area contributed by atoms with Crippen LogP contribution in [0.25, 0.3) is 11.0 Å². The first kappa shape index (κ1) is 24.4. The highest BCUT2D eigenvalue weighted by atomic mass is 32.2. The lowest BCUT2D eigenvalue weighted by Gasteiger charge is -2.22. The number of aryl methyl sites for hydroxylation is 1. The van der Waals surface area contributed by atoms with Gasteiger partial charge < -0.3 is 9.15 Å². The fourth-order valence-electron chi connectivity index (χ4n) is 4.59. The molecule has 0 saturated carbocycles. The maximum atomic E-state index is 13.8. The van der Waals surface area contributed by atoms with Gasteiger partial charge in [-0.15, -0.1) is 10.2 Å². The third kappa shape index (κ3) is 4.37. The van der Waals surface area contributed by atoms with E-state index in [2.05, 4.69) is 22.3 Å². The molecule has 7 nitrogen and oxygen atoms in total. The van der Waals surface area contributed by atoms with Crippen molar-refractivity contribution in [2.24, 2.45) is 0 Å². The van der Waals surface area contributed by atoms with Crippen LogP contribution in [0.2, 0.25) is 0 Å². The van der Waals surface area contributed by atoms with Gasteiger partial charge in [-0.1, -0.05) is 77.2 Å². The molecule has 0 bridgehead atoms. The molecule has 1 aliphatic rings. The van der Waals surface area contributed by atoms with Crippen LogP contribution in [0.4, 0.5) is 5.13 Å². The monoisotopic (exact) mass is 541 g/mol. The van der Waals surface area contributed by atoms with Gasteiger partial charge in [0.05, 0.1) is 23.6 Å². The van der Waals surface area contributed by atoms with E-state index >= 15 is 0 Å². The molecule has 2 aromatic heterocycles. The zero-order valence-electron chi connectivity index (χ0n) is 20.7. The molecule has 0 aliphatic carbocycles. The number of hydrogen-bond donors (Lipinski definition) is 0. The smallest absolute Gasteiger partial charge is 0.297 e. The van der Waals surface area contributed by atoms with Gasteiger partial charge in [0.2, 0.25) is 10.9 Å². The maximum absolute atomic E-state index is 13.8. The first-order chi connectivity index (χ1) is 18.5. The van der Waals surface area contributed by atoms with Gasteiger partial charge in [0, 0.05) is 5.75 Å². The number of fused-ring (bicyclic) bond motifs is 2. The molecule has 1 aliphatic heterocycles. The van der Waals surface area contributed by atoms with Crippen molar-refractivity contribution in [1.29, 1.82) is 0 Å². The Balaban J connectivity index is 1.44. The topological polar surface area (TPSA) is 85.5 Å². The van der Waals surface area contributed by atoms with Crippen molar-refractivity contribution in [2.45, 2.75) is 30.0 Å². The first-order valence-corrected chi connectivity index (χ1v) is 14.0. The van der Waals surface area contributed by atoms with Gasteiger partial charge >= 0.3 is 0 Å². The van der Waals surface area contributed by atoms with E-state index in [0.717, 1.165) is 21.2 Å². The zero-order chi connectivity index (χ0) is 26.2. The number of rotatable bonds is 7. The quantitative estimate of drug-likeness (QED) is 0.174. The average Bonchev–Trinajstić information content (AvgIpc) is 3.51. The molecule has 5 aromatic rings. The Labute approximate surface area is 227 Å². The van der Waals surface area contributed by atoms with Gasteiger partial charge in [-0.25, -0.2) is 0 Å². The first-order valence-electron chi connectivity index (χ1n) is 12.2. The van der Waals surface area contributed by atoms with E-state index in [1.807, 2.05) is 62.4 Å². The SMILES string of the molecule is CCOc1ccc(C2c3c(oc4ccc(C)cc4c3=O)C(=O)N2c2nnc(SCc3ccccc3)s2)cc1. The summed E-state index contributed by atoms with van der Waals surface area (Å²) in [5, 5.41) is 9.56. The Bertz CT molecular complexity index is 1700. The Morgan fingerprint density at radius 1 is 1.03 bits per heavy atom. The van der Waals surface area contributed by atoms with E-state index < -0.39 is 11.9 Å². The minimum absolute atomic E-state index is 0.0407. The summed E-state index contributed by atoms with van der Waals surface area (Å²) in [7, 11) is 0. The summed E-state index contributed by atoms with van der Waals surface area (Å²) >= 11 is 2.88.